The number of hydrogen-bond acceptors (Lipinski definition) is 4. The minimum atomic E-state index is -0.443. The average molecular weight is 331 g/mol. The quantitative estimate of drug-likeness (QED) is 0.775. The van der Waals surface area contributed by atoms with Gasteiger partial charge in [-0.05, 0) is 45.7 Å². The zero-order chi connectivity index (χ0) is 17.6. The van der Waals surface area contributed by atoms with E-state index in [4.69, 9.17) is 4.74 Å². The molecule has 0 spiro atoms. The first-order valence-corrected chi connectivity index (χ1v) is 8.62. The van der Waals surface area contributed by atoms with E-state index in [-0.39, 0.29) is 6.09 Å². The lowest BCUT2D eigenvalue weighted by Gasteiger charge is -2.38. The van der Waals surface area contributed by atoms with Gasteiger partial charge in [-0.2, -0.15) is 0 Å². The lowest BCUT2D eigenvalue weighted by atomic mass is 10.0. The maximum Gasteiger partial charge on any atom is 0.410 e. The number of rotatable bonds is 5. The third-order valence-electron chi connectivity index (χ3n) is 4.09. The molecule has 0 saturated carbocycles. The molecular formula is C19H29N3O2. The fourth-order valence-electron chi connectivity index (χ4n) is 2.95. The van der Waals surface area contributed by atoms with E-state index in [9.17, 15) is 4.79 Å². The standard InChI is InChI=1S/C19H29N3O2/c1-5-12-22(15-16-8-6-7-11-20-16)17-9-13-21(14-10-17)18(23)24-19(2,3)4/h5-8,11,17H,1,9-10,12-15H2,2-4H3. The van der Waals surface area contributed by atoms with Crippen molar-refractivity contribution >= 4 is 6.09 Å². The molecule has 1 aliphatic rings. The van der Waals surface area contributed by atoms with Gasteiger partial charge in [0.1, 0.15) is 5.60 Å². The van der Waals surface area contributed by atoms with Crippen LogP contribution in [0.3, 0.4) is 0 Å². The summed E-state index contributed by atoms with van der Waals surface area (Å²) in [7, 11) is 0. The van der Waals surface area contributed by atoms with Crippen molar-refractivity contribution in [2.75, 3.05) is 19.6 Å². The van der Waals surface area contributed by atoms with Gasteiger partial charge in [0.15, 0.2) is 0 Å². The predicted molar refractivity (Wildman–Crippen MR) is 95.7 cm³/mol. The van der Waals surface area contributed by atoms with Crippen LogP contribution in [-0.2, 0) is 11.3 Å². The highest BCUT2D eigenvalue weighted by molar-refractivity contribution is 5.68. The molecule has 1 fully saturated rings. The van der Waals surface area contributed by atoms with E-state index in [1.807, 2.05) is 56.1 Å². The fraction of sp³-hybridized carbons (Fsp3) is 0.579. The number of carbonyl (C=O) groups excluding carboxylic acids is 1. The molecule has 0 radical (unpaired) electrons. The van der Waals surface area contributed by atoms with E-state index < -0.39 is 5.60 Å². The topological polar surface area (TPSA) is 45.7 Å². The van der Waals surface area contributed by atoms with E-state index in [0.717, 1.165) is 44.7 Å². The molecule has 1 aromatic rings. The maximum atomic E-state index is 12.2. The summed E-state index contributed by atoms with van der Waals surface area (Å²) in [6.07, 6.45) is 5.44. The Morgan fingerprint density at radius 3 is 2.67 bits per heavy atom. The van der Waals surface area contributed by atoms with E-state index in [1.165, 1.54) is 0 Å². The van der Waals surface area contributed by atoms with Crippen LogP contribution in [0.25, 0.3) is 0 Å². The maximum absolute atomic E-state index is 12.2. The molecule has 24 heavy (non-hydrogen) atoms. The Balaban J connectivity index is 1.90. The van der Waals surface area contributed by atoms with Crippen molar-refractivity contribution in [3.05, 3.63) is 42.7 Å². The number of aromatic nitrogens is 1. The average Bonchev–Trinajstić information content (AvgIpc) is 2.54. The molecule has 2 rings (SSSR count). The Morgan fingerprint density at radius 1 is 1.42 bits per heavy atom. The van der Waals surface area contributed by atoms with Crippen LogP contribution < -0.4 is 0 Å². The van der Waals surface area contributed by atoms with Crippen molar-refractivity contribution in [3.8, 4) is 0 Å². The molecule has 1 aliphatic heterocycles. The number of likely N-dealkylation sites (tertiary alicyclic amines) is 1. The van der Waals surface area contributed by atoms with Gasteiger partial charge in [0.05, 0.1) is 5.69 Å². The summed E-state index contributed by atoms with van der Waals surface area (Å²) in [5.41, 5.74) is 0.621. The summed E-state index contributed by atoms with van der Waals surface area (Å²) < 4.78 is 5.46. The molecular weight excluding hydrogens is 302 g/mol. The van der Waals surface area contributed by atoms with Gasteiger partial charge in [-0.3, -0.25) is 9.88 Å². The molecule has 5 heteroatoms. The van der Waals surface area contributed by atoms with Crippen LogP contribution in [0.4, 0.5) is 4.79 Å². The van der Waals surface area contributed by atoms with Crippen LogP contribution in [-0.4, -0.2) is 52.2 Å². The van der Waals surface area contributed by atoms with Gasteiger partial charge in [0, 0.05) is 38.4 Å². The smallest absolute Gasteiger partial charge is 0.410 e. The van der Waals surface area contributed by atoms with Crippen molar-refractivity contribution in [1.82, 2.24) is 14.8 Å². The van der Waals surface area contributed by atoms with Crippen LogP contribution in [0.2, 0.25) is 0 Å². The normalized spacial score (nSPS) is 16.2. The Kier molecular flexibility index (Phi) is 6.37. The molecule has 0 bridgehead atoms. The first kappa shape index (κ1) is 18.5. The van der Waals surface area contributed by atoms with E-state index >= 15 is 0 Å². The van der Waals surface area contributed by atoms with Crippen LogP contribution in [0.15, 0.2) is 37.1 Å². The summed E-state index contributed by atoms with van der Waals surface area (Å²) in [4.78, 5) is 20.8. The molecule has 5 nitrogen and oxygen atoms in total. The highest BCUT2D eigenvalue weighted by Gasteiger charge is 2.29. The summed E-state index contributed by atoms with van der Waals surface area (Å²) in [6, 6.07) is 6.43. The Bertz CT molecular complexity index is 531. The summed E-state index contributed by atoms with van der Waals surface area (Å²) in [5, 5.41) is 0. The van der Waals surface area contributed by atoms with Crippen molar-refractivity contribution in [1.29, 1.82) is 0 Å². The number of piperidine rings is 1. The number of ether oxygens (including phenoxy) is 1. The zero-order valence-corrected chi connectivity index (χ0v) is 15.1. The number of hydrogen-bond donors (Lipinski definition) is 0. The van der Waals surface area contributed by atoms with Crippen molar-refractivity contribution in [2.45, 2.75) is 51.8 Å². The molecule has 1 amide bonds. The first-order chi connectivity index (χ1) is 11.4. The summed E-state index contributed by atoms with van der Waals surface area (Å²) in [6.45, 7) is 12.7. The highest BCUT2D eigenvalue weighted by atomic mass is 16.6. The minimum absolute atomic E-state index is 0.207. The molecule has 2 heterocycles. The molecule has 132 valence electrons. The monoisotopic (exact) mass is 331 g/mol. The number of carbonyl (C=O) groups is 1. The first-order valence-electron chi connectivity index (χ1n) is 8.62. The van der Waals surface area contributed by atoms with Gasteiger partial charge < -0.3 is 9.64 Å². The van der Waals surface area contributed by atoms with Gasteiger partial charge in [-0.15, -0.1) is 6.58 Å². The van der Waals surface area contributed by atoms with Crippen LogP contribution in [0.5, 0.6) is 0 Å². The van der Waals surface area contributed by atoms with Crippen molar-refractivity contribution in [2.24, 2.45) is 0 Å². The van der Waals surface area contributed by atoms with E-state index in [0.29, 0.717) is 6.04 Å². The molecule has 0 aliphatic carbocycles. The van der Waals surface area contributed by atoms with Gasteiger partial charge in [-0.1, -0.05) is 12.1 Å². The summed E-state index contributed by atoms with van der Waals surface area (Å²) in [5.74, 6) is 0. The lowest BCUT2D eigenvalue weighted by molar-refractivity contribution is 0.0144. The molecule has 0 N–H and O–H groups in total. The fourth-order valence-corrected chi connectivity index (χ4v) is 2.95. The Hall–Kier alpha value is -1.88. The van der Waals surface area contributed by atoms with Crippen molar-refractivity contribution < 1.29 is 9.53 Å². The van der Waals surface area contributed by atoms with Gasteiger partial charge in [0.25, 0.3) is 0 Å². The minimum Gasteiger partial charge on any atom is -0.444 e. The zero-order valence-electron chi connectivity index (χ0n) is 15.1. The molecule has 0 unspecified atom stereocenters. The lowest BCUT2D eigenvalue weighted by Crippen LogP contribution is -2.47. The van der Waals surface area contributed by atoms with Crippen molar-refractivity contribution in [3.63, 3.8) is 0 Å². The molecule has 1 aromatic heterocycles. The van der Waals surface area contributed by atoms with E-state index in [2.05, 4.69) is 16.5 Å². The second-order valence-corrected chi connectivity index (χ2v) is 7.24. The second-order valence-electron chi connectivity index (χ2n) is 7.24. The molecule has 0 atom stereocenters. The van der Waals surface area contributed by atoms with Crippen LogP contribution in [0.1, 0.15) is 39.3 Å². The second kappa shape index (κ2) is 8.29. The SMILES string of the molecule is C=CCN(Cc1ccccn1)C1CCN(C(=O)OC(C)(C)C)CC1. The Morgan fingerprint density at radius 2 is 2.12 bits per heavy atom. The van der Waals surface area contributed by atoms with Gasteiger partial charge in [-0.25, -0.2) is 4.79 Å². The highest BCUT2D eigenvalue weighted by Crippen LogP contribution is 2.20. The van der Waals surface area contributed by atoms with E-state index in [1.54, 1.807) is 0 Å². The Labute approximate surface area is 145 Å². The van der Waals surface area contributed by atoms with Gasteiger partial charge in [0.2, 0.25) is 0 Å². The predicted octanol–water partition coefficient (Wildman–Crippen LogP) is 3.47. The number of pyridine rings is 1. The van der Waals surface area contributed by atoms with Crippen LogP contribution >= 0.6 is 0 Å². The summed E-state index contributed by atoms with van der Waals surface area (Å²) >= 11 is 0. The molecule has 1 saturated heterocycles. The largest absolute Gasteiger partial charge is 0.444 e. The molecule has 0 aromatic carbocycles. The number of amides is 1. The van der Waals surface area contributed by atoms with Gasteiger partial charge >= 0.3 is 6.09 Å². The third-order valence-corrected chi connectivity index (χ3v) is 4.09. The van der Waals surface area contributed by atoms with Crippen LogP contribution in [0, 0.1) is 0 Å². The third kappa shape index (κ3) is 5.64. The number of nitrogens with zero attached hydrogens (tertiary/aromatic N) is 3.